The summed E-state index contributed by atoms with van der Waals surface area (Å²) in [7, 11) is 0. The smallest absolute Gasteiger partial charge is 0.445 e. The number of rotatable bonds is 1. The van der Waals surface area contributed by atoms with E-state index in [-0.39, 0.29) is 69.2 Å². The molecule has 0 radical (unpaired) electrons. The Morgan fingerprint density at radius 1 is 1.17 bits per heavy atom. The van der Waals surface area contributed by atoms with Crippen LogP contribution >= 0.6 is 0 Å². The molecule has 0 spiro atoms. The minimum absolute atomic E-state index is 0. The van der Waals surface area contributed by atoms with Gasteiger partial charge in [-0.05, 0) is 0 Å². The van der Waals surface area contributed by atoms with Gasteiger partial charge in [-0.2, -0.15) is 0 Å². The second kappa shape index (κ2) is 5.74. The number of carbonyl (C=O) groups excluding carboxylic acids is 2. The minimum atomic E-state index is -5.15. The molecule has 2 N–H and O–H groups in total. The van der Waals surface area contributed by atoms with Gasteiger partial charge in [-0.1, -0.05) is 18.2 Å². The van der Waals surface area contributed by atoms with E-state index in [1.54, 1.807) is 0 Å². The number of hydrogen-bond donors (Lipinski definition) is 2. The van der Waals surface area contributed by atoms with Gasteiger partial charge in [0.1, 0.15) is 0 Å². The first-order valence-electron chi connectivity index (χ1n) is 4.80. The van der Waals surface area contributed by atoms with E-state index >= 15 is 0 Å². The number of halogens is 3. The van der Waals surface area contributed by atoms with E-state index in [1.807, 2.05) is 0 Å². The number of fused-ring (bicyclic) bond motifs is 1. The molecule has 90 valence electrons. The van der Waals surface area contributed by atoms with Gasteiger partial charge in [0.25, 0.3) is 5.91 Å². The topological polar surface area (TPSA) is 58.2 Å². The van der Waals surface area contributed by atoms with Crippen LogP contribution in [0.2, 0.25) is 0 Å². The third kappa shape index (κ3) is 3.35. The molecule has 0 aliphatic carbocycles. The van der Waals surface area contributed by atoms with Crippen molar-refractivity contribution in [2.24, 2.45) is 0 Å². The van der Waals surface area contributed by atoms with Crippen molar-refractivity contribution < 1.29 is 73.9 Å². The van der Waals surface area contributed by atoms with Gasteiger partial charge >= 0.3 is 58.4 Å². The summed E-state index contributed by atoms with van der Waals surface area (Å²) in [5, 5.41) is 4.53. The molecule has 0 saturated heterocycles. The quantitative estimate of drug-likeness (QED) is 0.556. The summed E-state index contributed by atoms with van der Waals surface area (Å²) in [5.41, 5.74) is -0.930. The Morgan fingerprint density at radius 3 is 2.44 bits per heavy atom. The largest absolute Gasteiger partial charge is 1.00 e. The molecule has 2 amide bonds. The predicted molar refractivity (Wildman–Crippen MR) is 56.1 cm³/mol. The van der Waals surface area contributed by atoms with E-state index in [1.165, 1.54) is 0 Å². The molecule has 0 fully saturated rings. The van der Waals surface area contributed by atoms with E-state index < -0.39 is 24.3 Å². The molecule has 1 heterocycles. The predicted octanol–water partition coefficient (Wildman–Crippen LogP) is -2.57. The van der Waals surface area contributed by atoms with Crippen LogP contribution in [-0.2, 0) is 4.79 Å². The van der Waals surface area contributed by atoms with Gasteiger partial charge in [-0.15, -0.1) is 5.46 Å². The summed E-state index contributed by atoms with van der Waals surface area (Å²) >= 11 is 0. The van der Waals surface area contributed by atoms with Crippen molar-refractivity contribution in [3.63, 3.8) is 0 Å². The molecule has 0 atom stereocenters. The molecule has 0 unspecified atom stereocenters. The summed E-state index contributed by atoms with van der Waals surface area (Å²) < 4.78 is 37.5. The molecule has 0 aromatic heterocycles. The Kier molecular flexibility index (Phi) is 5.01. The van der Waals surface area contributed by atoms with Gasteiger partial charge in [-0.25, -0.2) is 0 Å². The van der Waals surface area contributed by atoms with Crippen LogP contribution in [0.5, 0.6) is 0 Å². The maximum atomic E-state index is 12.5. The van der Waals surface area contributed by atoms with Crippen molar-refractivity contribution in [3.05, 3.63) is 23.8 Å². The Morgan fingerprint density at radius 2 is 1.83 bits per heavy atom. The zero-order valence-corrected chi connectivity index (χ0v) is 12.6. The molecule has 18 heavy (non-hydrogen) atoms. The summed E-state index contributed by atoms with van der Waals surface area (Å²) in [6, 6.07) is 2.66. The Bertz CT molecular complexity index is 507. The molecule has 4 nitrogen and oxygen atoms in total. The van der Waals surface area contributed by atoms with Crippen molar-refractivity contribution in [2.75, 3.05) is 11.9 Å². The van der Waals surface area contributed by atoms with E-state index in [4.69, 9.17) is 0 Å². The Labute approximate surface area is 143 Å². The molecule has 1 aromatic carbocycles. The maximum absolute atomic E-state index is 12.5. The van der Waals surface area contributed by atoms with Crippen LogP contribution in [0.15, 0.2) is 18.2 Å². The van der Waals surface area contributed by atoms with Crippen LogP contribution in [0.25, 0.3) is 0 Å². The average Bonchev–Trinajstić information content (AvgIpc) is 2.37. The maximum Gasteiger partial charge on any atom is 1.00 e. The third-order valence-electron chi connectivity index (χ3n) is 2.35. The zero-order valence-electron chi connectivity index (χ0n) is 9.47. The molecule has 9 heteroatoms. The number of nitrogens with one attached hydrogen (secondary N) is 2. The first-order valence-corrected chi connectivity index (χ1v) is 4.80. The summed E-state index contributed by atoms with van der Waals surface area (Å²) in [4.78, 5) is 22.6. The Hall–Kier alpha value is -0.349. The fourth-order valence-electron chi connectivity index (χ4n) is 1.52. The summed E-state index contributed by atoms with van der Waals surface area (Å²) in [6.45, 7) is -5.40. The molecule has 0 saturated carbocycles. The van der Waals surface area contributed by atoms with Crippen LogP contribution in [-0.4, -0.2) is 25.3 Å². The van der Waals surface area contributed by atoms with Gasteiger partial charge in [0.15, 0.2) is 0 Å². The third-order valence-corrected chi connectivity index (χ3v) is 2.35. The molecular formula is C9H7BF3KN2O2. The van der Waals surface area contributed by atoms with Crippen molar-refractivity contribution in [3.8, 4) is 0 Å². The molecule has 1 aliphatic rings. The van der Waals surface area contributed by atoms with Gasteiger partial charge in [0.2, 0.25) is 5.91 Å². The number of amides is 2. The number of benzene rings is 1. The molecule has 2 rings (SSSR count). The van der Waals surface area contributed by atoms with Crippen LogP contribution in [0, 0.1) is 0 Å². The normalized spacial score (nSPS) is 14.8. The fraction of sp³-hybridized carbons (Fsp3) is 0.111. The standard InChI is InChI=1S/C9H7BF3N2O2.K/c11-10(12,13)5-1-2-6-7(3-5)15-8(16)4-14-9(6)17;/h1-3H,4H2,(H,14,17)(H,15,16);/q-1;+1. The summed E-state index contributed by atoms with van der Waals surface area (Å²) in [6.07, 6.45) is 0. The van der Waals surface area contributed by atoms with Crippen molar-refractivity contribution in [2.45, 2.75) is 0 Å². The minimum Gasteiger partial charge on any atom is -0.445 e. The van der Waals surface area contributed by atoms with Crippen LogP contribution in [0.3, 0.4) is 0 Å². The first kappa shape index (κ1) is 15.7. The van der Waals surface area contributed by atoms with E-state index in [0.29, 0.717) is 0 Å². The molecule has 0 bridgehead atoms. The first-order chi connectivity index (χ1) is 7.88. The van der Waals surface area contributed by atoms with Gasteiger partial charge < -0.3 is 23.6 Å². The van der Waals surface area contributed by atoms with Crippen molar-refractivity contribution in [1.82, 2.24) is 5.32 Å². The average molecular weight is 282 g/mol. The second-order valence-corrected chi connectivity index (χ2v) is 3.61. The van der Waals surface area contributed by atoms with E-state index in [2.05, 4.69) is 10.6 Å². The molecular weight excluding hydrogens is 275 g/mol. The summed E-state index contributed by atoms with van der Waals surface area (Å²) in [5.74, 6) is -1.12. The molecule has 1 aliphatic heterocycles. The zero-order chi connectivity index (χ0) is 12.6. The molecule has 1 aromatic rings. The number of hydrogen-bond acceptors (Lipinski definition) is 2. The van der Waals surface area contributed by atoms with Gasteiger partial charge in [-0.3, -0.25) is 9.59 Å². The van der Waals surface area contributed by atoms with Crippen molar-refractivity contribution in [1.29, 1.82) is 0 Å². The fourth-order valence-corrected chi connectivity index (χ4v) is 1.52. The monoisotopic (exact) mass is 282 g/mol. The van der Waals surface area contributed by atoms with Crippen LogP contribution in [0.1, 0.15) is 10.4 Å². The number of carbonyl (C=O) groups is 2. The van der Waals surface area contributed by atoms with Crippen molar-refractivity contribution >= 4 is 29.9 Å². The van der Waals surface area contributed by atoms with E-state index in [0.717, 1.165) is 18.2 Å². The number of anilines is 1. The van der Waals surface area contributed by atoms with Gasteiger partial charge in [0.05, 0.1) is 17.8 Å². The van der Waals surface area contributed by atoms with E-state index in [9.17, 15) is 22.5 Å². The van der Waals surface area contributed by atoms with Crippen LogP contribution in [0.4, 0.5) is 18.6 Å². The SMILES string of the molecule is O=C1CNC(=O)c2ccc([B-](F)(F)F)cc2N1.[K+]. The Balaban J connectivity index is 0.00000162. The van der Waals surface area contributed by atoms with Crippen LogP contribution < -0.4 is 67.5 Å². The van der Waals surface area contributed by atoms with Gasteiger partial charge in [0, 0.05) is 0 Å². The second-order valence-electron chi connectivity index (χ2n) is 3.61.